The lowest BCUT2D eigenvalue weighted by Crippen LogP contribution is -2.36. The first-order chi connectivity index (χ1) is 11.3. The van der Waals surface area contributed by atoms with Gasteiger partial charge in [0.1, 0.15) is 0 Å². The van der Waals surface area contributed by atoms with Gasteiger partial charge in [0.25, 0.3) is 0 Å². The van der Waals surface area contributed by atoms with E-state index >= 15 is 0 Å². The zero-order chi connectivity index (χ0) is 19.4. The van der Waals surface area contributed by atoms with Gasteiger partial charge in [-0.15, -0.1) is 0 Å². The number of ether oxygens (including phenoxy) is 2. The van der Waals surface area contributed by atoms with Crippen LogP contribution in [-0.4, -0.2) is 44.1 Å². The SMILES string of the molecule is CC(C)C(=O)Oc1ccc(CC[N+](C)(C)C)cc1OC(=O)C(C)(C)C. The van der Waals surface area contributed by atoms with Crippen molar-refractivity contribution in [2.45, 2.75) is 41.0 Å². The van der Waals surface area contributed by atoms with Crippen molar-refractivity contribution in [2.75, 3.05) is 27.7 Å². The Kier molecular flexibility index (Phi) is 6.77. The average molecular weight is 350 g/mol. The molecule has 0 aliphatic carbocycles. The van der Waals surface area contributed by atoms with Gasteiger partial charge in [-0.05, 0) is 38.5 Å². The number of carbonyl (C=O) groups excluding carboxylic acids is 2. The van der Waals surface area contributed by atoms with Crippen LogP contribution in [0.1, 0.15) is 40.2 Å². The highest BCUT2D eigenvalue weighted by atomic mass is 16.6. The van der Waals surface area contributed by atoms with Crippen LogP contribution >= 0.6 is 0 Å². The van der Waals surface area contributed by atoms with Crippen LogP contribution in [0, 0.1) is 11.3 Å². The number of hydrogen-bond acceptors (Lipinski definition) is 4. The van der Waals surface area contributed by atoms with E-state index in [4.69, 9.17) is 9.47 Å². The number of rotatable bonds is 6. The molecule has 0 saturated heterocycles. The van der Waals surface area contributed by atoms with Crippen molar-refractivity contribution < 1.29 is 23.5 Å². The van der Waals surface area contributed by atoms with Gasteiger partial charge in [0, 0.05) is 6.42 Å². The summed E-state index contributed by atoms with van der Waals surface area (Å²) in [6.07, 6.45) is 0.835. The van der Waals surface area contributed by atoms with Gasteiger partial charge < -0.3 is 14.0 Å². The lowest BCUT2D eigenvalue weighted by atomic mass is 9.97. The highest BCUT2D eigenvalue weighted by molar-refractivity contribution is 5.80. The molecule has 1 aromatic rings. The van der Waals surface area contributed by atoms with E-state index in [-0.39, 0.29) is 23.6 Å². The van der Waals surface area contributed by atoms with Crippen molar-refractivity contribution in [1.29, 1.82) is 0 Å². The Bertz CT molecular complexity index is 622. The standard InChI is InChI=1S/C20H32NO4/c1-14(2)18(22)24-16-10-9-15(11-12-21(6,7)8)13-17(16)25-19(23)20(3,4)5/h9-10,13-14H,11-12H2,1-8H3/q+1. The molecule has 1 aromatic carbocycles. The van der Waals surface area contributed by atoms with Crippen LogP contribution in [0.5, 0.6) is 11.5 Å². The van der Waals surface area contributed by atoms with Crippen molar-refractivity contribution in [1.82, 2.24) is 0 Å². The number of nitrogens with zero attached hydrogens (tertiary/aromatic N) is 1. The van der Waals surface area contributed by atoms with Crippen molar-refractivity contribution in [3.63, 3.8) is 0 Å². The quantitative estimate of drug-likeness (QED) is 0.448. The number of likely N-dealkylation sites (N-methyl/N-ethyl adjacent to an activating group) is 1. The molecule has 0 N–H and O–H groups in total. The summed E-state index contributed by atoms with van der Waals surface area (Å²) in [5, 5.41) is 0. The Balaban J connectivity index is 3.10. The fourth-order valence-electron chi connectivity index (χ4n) is 1.82. The second-order valence-electron chi connectivity index (χ2n) is 8.76. The first kappa shape index (κ1) is 21.2. The van der Waals surface area contributed by atoms with Crippen molar-refractivity contribution in [3.05, 3.63) is 23.8 Å². The van der Waals surface area contributed by atoms with Gasteiger partial charge in [-0.1, -0.05) is 19.9 Å². The van der Waals surface area contributed by atoms with Crippen LogP contribution in [0.15, 0.2) is 18.2 Å². The maximum Gasteiger partial charge on any atom is 0.316 e. The molecule has 0 saturated carbocycles. The minimum absolute atomic E-state index is 0.260. The van der Waals surface area contributed by atoms with E-state index in [1.165, 1.54) is 0 Å². The molecular weight excluding hydrogens is 318 g/mol. The van der Waals surface area contributed by atoms with Gasteiger partial charge in [0.05, 0.1) is 39.0 Å². The maximum absolute atomic E-state index is 12.3. The van der Waals surface area contributed by atoms with Crippen LogP contribution in [0.3, 0.4) is 0 Å². The molecule has 0 amide bonds. The van der Waals surface area contributed by atoms with Crippen LogP contribution in [0.4, 0.5) is 0 Å². The number of carbonyl (C=O) groups is 2. The molecule has 25 heavy (non-hydrogen) atoms. The third-order valence-corrected chi connectivity index (χ3v) is 3.58. The normalized spacial score (nSPS) is 12.2. The van der Waals surface area contributed by atoms with E-state index in [9.17, 15) is 9.59 Å². The van der Waals surface area contributed by atoms with Crippen LogP contribution < -0.4 is 9.47 Å². The molecule has 0 aliphatic rings. The summed E-state index contributed by atoms with van der Waals surface area (Å²) in [6, 6.07) is 5.41. The Hall–Kier alpha value is -1.88. The van der Waals surface area contributed by atoms with E-state index in [0.717, 1.165) is 23.0 Å². The molecule has 1 rings (SSSR count). The predicted molar refractivity (Wildman–Crippen MR) is 98.6 cm³/mol. The van der Waals surface area contributed by atoms with Gasteiger partial charge in [0.15, 0.2) is 11.5 Å². The average Bonchev–Trinajstić information content (AvgIpc) is 2.45. The summed E-state index contributed by atoms with van der Waals surface area (Å²) in [5.41, 5.74) is 0.395. The largest absolute Gasteiger partial charge is 0.422 e. The highest BCUT2D eigenvalue weighted by Crippen LogP contribution is 2.31. The highest BCUT2D eigenvalue weighted by Gasteiger charge is 2.26. The van der Waals surface area contributed by atoms with E-state index in [1.807, 2.05) is 6.07 Å². The lowest BCUT2D eigenvalue weighted by Gasteiger charge is -2.24. The molecule has 0 spiro atoms. The number of hydrogen-bond donors (Lipinski definition) is 0. The Morgan fingerprint density at radius 2 is 1.64 bits per heavy atom. The van der Waals surface area contributed by atoms with Crippen LogP contribution in [0.25, 0.3) is 0 Å². The molecule has 0 aliphatic heterocycles. The van der Waals surface area contributed by atoms with Crippen LogP contribution in [0.2, 0.25) is 0 Å². The summed E-state index contributed by atoms with van der Waals surface area (Å²) in [7, 11) is 6.37. The van der Waals surface area contributed by atoms with Gasteiger partial charge in [0.2, 0.25) is 0 Å². The first-order valence-electron chi connectivity index (χ1n) is 8.67. The molecular formula is C20H32NO4+. The molecule has 5 heteroatoms. The minimum Gasteiger partial charge on any atom is -0.422 e. The molecule has 0 heterocycles. The second kappa shape index (κ2) is 8.00. The summed E-state index contributed by atoms with van der Waals surface area (Å²) < 4.78 is 11.8. The second-order valence-corrected chi connectivity index (χ2v) is 8.76. The van der Waals surface area contributed by atoms with Crippen molar-refractivity contribution in [3.8, 4) is 11.5 Å². The fraction of sp³-hybridized carbons (Fsp3) is 0.600. The third kappa shape index (κ3) is 7.26. The maximum atomic E-state index is 12.3. The first-order valence-corrected chi connectivity index (χ1v) is 8.67. The van der Waals surface area contributed by atoms with Gasteiger partial charge >= 0.3 is 11.9 Å². The number of esters is 2. The molecule has 5 nitrogen and oxygen atoms in total. The zero-order valence-corrected chi connectivity index (χ0v) is 16.8. The third-order valence-electron chi connectivity index (χ3n) is 3.58. The van der Waals surface area contributed by atoms with Gasteiger partial charge in [-0.3, -0.25) is 9.59 Å². The molecule has 140 valence electrons. The van der Waals surface area contributed by atoms with Crippen molar-refractivity contribution in [2.24, 2.45) is 11.3 Å². The number of benzene rings is 1. The monoisotopic (exact) mass is 350 g/mol. The zero-order valence-electron chi connectivity index (χ0n) is 16.8. The molecule has 0 aromatic heterocycles. The van der Waals surface area contributed by atoms with E-state index in [1.54, 1.807) is 46.8 Å². The molecule has 0 fully saturated rings. The Labute approximate surface area is 151 Å². The summed E-state index contributed by atoms with van der Waals surface area (Å²) in [6.45, 7) is 9.83. The van der Waals surface area contributed by atoms with E-state index < -0.39 is 5.41 Å². The van der Waals surface area contributed by atoms with Crippen molar-refractivity contribution >= 4 is 11.9 Å². The minimum atomic E-state index is -0.641. The Morgan fingerprint density at radius 3 is 2.12 bits per heavy atom. The topological polar surface area (TPSA) is 52.6 Å². The van der Waals surface area contributed by atoms with Gasteiger partial charge in [-0.25, -0.2) is 0 Å². The van der Waals surface area contributed by atoms with Gasteiger partial charge in [-0.2, -0.15) is 0 Å². The van der Waals surface area contributed by atoms with E-state index in [0.29, 0.717) is 5.75 Å². The summed E-state index contributed by atoms with van der Waals surface area (Å²) in [5.74, 6) is -0.396. The molecule has 0 unspecified atom stereocenters. The molecule has 0 radical (unpaired) electrons. The molecule has 0 bridgehead atoms. The summed E-state index contributed by atoms with van der Waals surface area (Å²) in [4.78, 5) is 24.2. The smallest absolute Gasteiger partial charge is 0.316 e. The van der Waals surface area contributed by atoms with E-state index in [2.05, 4.69) is 21.1 Å². The van der Waals surface area contributed by atoms with Crippen LogP contribution in [-0.2, 0) is 16.0 Å². The molecule has 0 atom stereocenters. The summed E-state index contributed by atoms with van der Waals surface area (Å²) >= 11 is 0. The fourth-order valence-corrected chi connectivity index (χ4v) is 1.82. The Morgan fingerprint density at radius 1 is 1.04 bits per heavy atom. The number of quaternary nitrogens is 1. The lowest BCUT2D eigenvalue weighted by molar-refractivity contribution is -0.870. The predicted octanol–water partition coefficient (Wildman–Crippen LogP) is 3.45.